The summed E-state index contributed by atoms with van der Waals surface area (Å²) in [7, 11) is 0. The van der Waals surface area contributed by atoms with E-state index in [1.165, 1.54) is 6.07 Å². The van der Waals surface area contributed by atoms with Crippen molar-refractivity contribution < 1.29 is 9.50 Å². The monoisotopic (exact) mass is 262 g/mol. The molecule has 0 unspecified atom stereocenters. The second-order valence-corrected chi connectivity index (χ2v) is 4.78. The number of halogens is 2. The summed E-state index contributed by atoms with van der Waals surface area (Å²) < 4.78 is 13.6. The second kappa shape index (κ2) is 3.59. The molecule has 1 N–H and O–H groups in total. The van der Waals surface area contributed by atoms with E-state index in [1.54, 1.807) is 17.8 Å². The molecule has 70 valence electrons. The molecule has 1 aromatic rings. The largest absolute Gasteiger partial charge is 0.388 e. The second-order valence-electron chi connectivity index (χ2n) is 2.96. The minimum Gasteiger partial charge on any atom is -0.388 e. The third kappa shape index (κ3) is 1.63. The fourth-order valence-electron chi connectivity index (χ4n) is 1.43. The van der Waals surface area contributed by atoms with E-state index in [2.05, 4.69) is 15.9 Å². The molecular formula is C9H8BrFOS. The summed E-state index contributed by atoms with van der Waals surface area (Å²) in [6.07, 6.45) is -0.453. The number of benzene rings is 1. The van der Waals surface area contributed by atoms with Gasteiger partial charge in [-0.2, -0.15) is 11.8 Å². The first-order valence-electron chi connectivity index (χ1n) is 3.92. The lowest BCUT2D eigenvalue weighted by atomic mass is 10.0. The maximum Gasteiger partial charge on any atom is 0.137 e. The average molecular weight is 263 g/mol. The van der Waals surface area contributed by atoms with Crippen LogP contribution in [0.5, 0.6) is 0 Å². The van der Waals surface area contributed by atoms with E-state index in [4.69, 9.17) is 0 Å². The zero-order chi connectivity index (χ0) is 9.42. The molecule has 0 aromatic heterocycles. The van der Waals surface area contributed by atoms with Crippen molar-refractivity contribution in [3.8, 4) is 0 Å². The van der Waals surface area contributed by atoms with Gasteiger partial charge >= 0.3 is 0 Å². The Kier molecular flexibility index (Phi) is 2.62. The van der Waals surface area contributed by atoms with E-state index in [0.717, 1.165) is 16.9 Å². The van der Waals surface area contributed by atoms with Crippen LogP contribution in [0.25, 0.3) is 0 Å². The third-order valence-corrected chi connectivity index (χ3v) is 4.02. The van der Waals surface area contributed by atoms with Crippen LogP contribution in [0.15, 0.2) is 16.6 Å². The first-order chi connectivity index (χ1) is 6.20. The van der Waals surface area contributed by atoms with Crippen molar-refractivity contribution in [2.75, 3.05) is 5.75 Å². The van der Waals surface area contributed by atoms with Crippen molar-refractivity contribution in [2.45, 2.75) is 11.9 Å². The highest BCUT2D eigenvalue weighted by Gasteiger charge is 2.21. The van der Waals surface area contributed by atoms with Crippen LogP contribution in [-0.2, 0) is 5.75 Å². The van der Waals surface area contributed by atoms with Gasteiger partial charge in [0.25, 0.3) is 0 Å². The molecule has 0 radical (unpaired) electrons. The molecule has 0 saturated heterocycles. The number of hydrogen-bond acceptors (Lipinski definition) is 2. The summed E-state index contributed by atoms with van der Waals surface area (Å²) in [5, 5.41) is 9.61. The predicted octanol–water partition coefficient (Wildman–Crippen LogP) is 2.87. The average Bonchev–Trinajstić information content (AvgIpc) is 2.12. The first kappa shape index (κ1) is 9.49. The number of aliphatic hydroxyl groups excluding tert-OH is 1. The van der Waals surface area contributed by atoms with E-state index in [9.17, 15) is 9.50 Å². The van der Waals surface area contributed by atoms with Gasteiger partial charge in [0.05, 0.1) is 10.6 Å². The van der Waals surface area contributed by atoms with Gasteiger partial charge in [0, 0.05) is 11.5 Å². The molecule has 1 aromatic carbocycles. The van der Waals surface area contributed by atoms with Crippen LogP contribution in [0.1, 0.15) is 17.2 Å². The molecule has 13 heavy (non-hydrogen) atoms. The minimum absolute atomic E-state index is 0.256. The quantitative estimate of drug-likeness (QED) is 0.776. The van der Waals surface area contributed by atoms with Crippen LogP contribution in [0.4, 0.5) is 4.39 Å². The molecule has 4 heteroatoms. The molecule has 2 rings (SSSR count). The predicted molar refractivity (Wildman–Crippen MR) is 55.2 cm³/mol. The zero-order valence-electron chi connectivity index (χ0n) is 6.76. The van der Waals surface area contributed by atoms with Crippen molar-refractivity contribution in [3.05, 3.63) is 33.5 Å². The fourth-order valence-corrected chi connectivity index (χ4v) is 3.15. The maximum atomic E-state index is 13.1. The van der Waals surface area contributed by atoms with Crippen LogP contribution in [0.3, 0.4) is 0 Å². The SMILES string of the molecule is O[C@H]1CSCc2c1ccc(F)c2Br. The van der Waals surface area contributed by atoms with E-state index in [1.807, 2.05) is 0 Å². The molecule has 1 atom stereocenters. The van der Waals surface area contributed by atoms with Gasteiger partial charge in [0.1, 0.15) is 5.82 Å². The van der Waals surface area contributed by atoms with E-state index in [-0.39, 0.29) is 5.82 Å². The summed E-state index contributed by atoms with van der Waals surface area (Å²) >= 11 is 4.82. The van der Waals surface area contributed by atoms with Crippen LogP contribution >= 0.6 is 27.7 Å². The summed E-state index contributed by atoms with van der Waals surface area (Å²) in [4.78, 5) is 0. The highest BCUT2D eigenvalue weighted by Crippen LogP contribution is 2.36. The Morgan fingerprint density at radius 3 is 3.08 bits per heavy atom. The lowest BCUT2D eigenvalue weighted by Gasteiger charge is -2.21. The summed E-state index contributed by atoms with van der Waals surface area (Å²) in [6, 6.07) is 3.06. The Morgan fingerprint density at radius 2 is 2.31 bits per heavy atom. The lowest BCUT2D eigenvalue weighted by Crippen LogP contribution is -2.10. The smallest absolute Gasteiger partial charge is 0.137 e. The molecule has 0 bridgehead atoms. The van der Waals surface area contributed by atoms with E-state index >= 15 is 0 Å². The van der Waals surface area contributed by atoms with Crippen LogP contribution in [0.2, 0.25) is 0 Å². The van der Waals surface area contributed by atoms with Crippen molar-refractivity contribution in [3.63, 3.8) is 0 Å². The van der Waals surface area contributed by atoms with Crippen molar-refractivity contribution >= 4 is 27.7 Å². The summed E-state index contributed by atoms with van der Waals surface area (Å²) in [6.45, 7) is 0. The Labute approximate surface area is 88.5 Å². The van der Waals surface area contributed by atoms with Gasteiger partial charge in [0.15, 0.2) is 0 Å². The minimum atomic E-state index is -0.453. The number of rotatable bonds is 0. The number of thioether (sulfide) groups is 1. The molecule has 0 saturated carbocycles. The highest BCUT2D eigenvalue weighted by atomic mass is 79.9. The lowest BCUT2D eigenvalue weighted by molar-refractivity contribution is 0.201. The van der Waals surface area contributed by atoms with Crippen molar-refractivity contribution in [1.29, 1.82) is 0 Å². The topological polar surface area (TPSA) is 20.2 Å². The zero-order valence-corrected chi connectivity index (χ0v) is 9.16. The highest BCUT2D eigenvalue weighted by molar-refractivity contribution is 9.10. The third-order valence-electron chi connectivity index (χ3n) is 2.11. The number of hydrogen-bond donors (Lipinski definition) is 1. The van der Waals surface area contributed by atoms with E-state index < -0.39 is 6.10 Å². The molecule has 0 aliphatic carbocycles. The first-order valence-corrected chi connectivity index (χ1v) is 5.87. The fraction of sp³-hybridized carbons (Fsp3) is 0.333. The molecule has 1 aliphatic rings. The molecule has 1 aliphatic heterocycles. The van der Waals surface area contributed by atoms with Gasteiger partial charge in [0.2, 0.25) is 0 Å². The van der Waals surface area contributed by atoms with E-state index in [0.29, 0.717) is 10.2 Å². The number of aliphatic hydroxyl groups is 1. The molecule has 0 amide bonds. The van der Waals surface area contributed by atoms with Crippen LogP contribution in [0, 0.1) is 5.82 Å². The molecular weight excluding hydrogens is 255 g/mol. The van der Waals surface area contributed by atoms with Gasteiger partial charge in [-0.3, -0.25) is 0 Å². The molecule has 1 nitrogen and oxygen atoms in total. The summed E-state index contributed by atoms with van der Waals surface area (Å²) in [5.74, 6) is 1.21. The van der Waals surface area contributed by atoms with Gasteiger partial charge in [-0.15, -0.1) is 0 Å². The Hall–Kier alpha value is -0.0600. The molecule has 1 heterocycles. The normalized spacial score (nSPS) is 21.3. The van der Waals surface area contributed by atoms with Gasteiger partial charge in [-0.1, -0.05) is 6.07 Å². The van der Waals surface area contributed by atoms with Gasteiger partial charge in [-0.05, 0) is 33.1 Å². The van der Waals surface area contributed by atoms with Crippen molar-refractivity contribution in [1.82, 2.24) is 0 Å². The standard InChI is InChI=1S/C9H8BrFOS/c10-9-6-3-13-4-8(12)5(6)1-2-7(9)11/h1-2,8,12H,3-4H2/t8-/m0/s1. The molecule has 0 fully saturated rings. The van der Waals surface area contributed by atoms with Crippen LogP contribution < -0.4 is 0 Å². The Morgan fingerprint density at radius 1 is 1.54 bits per heavy atom. The molecule has 0 spiro atoms. The number of fused-ring (bicyclic) bond motifs is 1. The summed E-state index contributed by atoms with van der Waals surface area (Å²) in [5.41, 5.74) is 1.75. The maximum absolute atomic E-state index is 13.1. The van der Waals surface area contributed by atoms with Crippen molar-refractivity contribution in [2.24, 2.45) is 0 Å². The Bertz CT molecular complexity index is 343. The van der Waals surface area contributed by atoms with Gasteiger partial charge < -0.3 is 5.11 Å². The Balaban J connectivity index is 2.56. The van der Waals surface area contributed by atoms with Gasteiger partial charge in [-0.25, -0.2) is 4.39 Å². The van der Waals surface area contributed by atoms with Crippen LogP contribution in [-0.4, -0.2) is 10.9 Å².